The first kappa shape index (κ1) is 17.0. The number of nitrogens with one attached hydrogen (secondary N) is 1. The number of ether oxygens (including phenoxy) is 1. The van der Waals surface area contributed by atoms with Gasteiger partial charge in [-0.3, -0.25) is 4.79 Å². The van der Waals surface area contributed by atoms with Gasteiger partial charge in [-0.1, -0.05) is 30.3 Å². The van der Waals surface area contributed by atoms with E-state index in [9.17, 15) is 9.18 Å². The van der Waals surface area contributed by atoms with E-state index in [1.54, 1.807) is 19.2 Å². The largest absolute Gasteiger partial charge is 0.496 e. The minimum absolute atomic E-state index is 0.0463. The molecule has 0 aliphatic carbocycles. The highest BCUT2D eigenvalue weighted by Crippen LogP contribution is 2.27. The van der Waals surface area contributed by atoms with Crippen molar-refractivity contribution >= 4 is 5.91 Å². The Morgan fingerprint density at radius 3 is 2.48 bits per heavy atom. The van der Waals surface area contributed by atoms with Gasteiger partial charge in [-0.2, -0.15) is 0 Å². The van der Waals surface area contributed by atoms with Gasteiger partial charge in [-0.15, -0.1) is 0 Å². The lowest BCUT2D eigenvalue weighted by molar-refractivity contribution is 0.0937. The van der Waals surface area contributed by atoms with E-state index >= 15 is 0 Å². The molecule has 1 N–H and O–H groups in total. The molecule has 2 aromatic rings. The molecule has 122 valence electrons. The number of amides is 1. The highest BCUT2D eigenvalue weighted by atomic mass is 19.1. The Labute approximate surface area is 135 Å². The Bertz CT molecular complexity index is 674. The molecular weight excluding hydrogens is 295 g/mol. The maximum Gasteiger partial charge on any atom is 0.254 e. The summed E-state index contributed by atoms with van der Waals surface area (Å²) in [5.41, 5.74) is 1.01. The lowest BCUT2D eigenvalue weighted by Crippen LogP contribution is -2.35. The van der Waals surface area contributed by atoms with Crippen LogP contribution in [0.15, 0.2) is 48.5 Å². The summed E-state index contributed by atoms with van der Waals surface area (Å²) in [5, 5.41) is 2.79. The second kappa shape index (κ2) is 7.74. The van der Waals surface area contributed by atoms with Crippen LogP contribution in [-0.2, 0) is 0 Å². The van der Waals surface area contributed by atoms with Crippen LogP contribution in [-0.4, -0.2) is 38.6 Å². The minimum atomic E-state index is -0.524. The molecule has 0 saturated carbocycles. The number of halogens is 1. The van der Waals surface area contributed by atoms with Crippen molar-refractivity contribution in [1.29, 1.82) is 0 Å². The van der Waals surface area contributed by atoms with Crippen molar-refractivity contribution in [2.75, 3.05) is 27.7 Å². The summed E-state index contributed by atoms with van der Waals surface area (Å²) >= 11 is 0. The number of para-hydroxylation sites is 1. The smallest absolute Gasteiger partial charge is 0.254 e. The molecule has 1 atom stereocenters. The Hall–Kier alpha value is -2.40. The third kappa shape index (κ3) is 4.07. The number of hydrogen-bond donors (Lipinski definition) is 1. The third-order valence-corrected chi connectivity index (χ3v) is 3.70. The van der Waals surface area contributed by atoms with Gasteiger partial charge in [0.1, 0.15) is 11.6 Å². The van der Waals surface area contributed by atoms with E-state index in [4.69, 9.17) is 4.74 Å². The van der Waals surface area contributed by atoms with Gasteiger partial charge in [-0.05, 0) is 32.3 Å². The second-order valence-corrected chi connectivity index (χ2v) is 5.41. The zero-order chi connectivity index (χ0) is 16.8. The molecular formula is C18H21FN2O2. The first-order valence-corrected chi connectivity index (χ1v) is 7.36. The van der Waals surface area contributed by atoms with Crippen LogP contribution in [0, 0.1) is 5.82 Å². The summed E-state index contributed by atoms with van der Waals surface area (Å²) in [7, 11) is 5.46. The quantitative estimate of drug-likeness (QED) is 0.891. The van der Waals surface area contributed by atoms with Gasteiger partial charge in [0.05, 0.1) is 18.7 Å². The molecule has 0 radical (unpaired) electrons. The van der Waals surface area contributed by atoms with E-state index in [1.807, 2.05) is 43.3 Å². The number of hydrogen-bond acceptors (Lipinski definition) is 3. The molecule has 0 aliphatic rings. The summed E-state index contributed by atoms with van der Waals surface area (Å²) in [6.07, 6.45) is 0. The fourth-order valence-corrected chi connectivity index (χ4v) is 2.44. The van der Waals surface area contributed by atoms with Crippen molar-refractivity contribution in [2.45, 2.75) is 6.04 Å². The minimum Gasteiger partial charge on any atom is -0.496 e. The van der Waals surface area contributed by atoms with Crippen molar-refractivity contribution in [3.05, 3.63) is 65.5 Å². The molecule has 0 spiro atoms. The Morgan fingerprint density at radius 2 is 1.83 bits per heavy atom. The summed E-state index contributed by atoms with van der Waals surface area (Å²) in [4.78, 5) is 14.2. The fraction of sp³-hybridized carbons (Fsp3) is 0.278. The highest BCUT2D eigenvalue weighted by Gasteiger charge is 2.20. The number of nitrogens with zero attached hydrogens (tertiary/aromatic N) is 1. The lowest BCUT2D eigenvalue weighted by atomic mass is 10.0. The van der Waals surface area contributed by atoms with Crippen molar-refractivity contribution in [3.8, 4) is 5.75 Å². The number of methoxy groups -OCH3 is 1. The maximum absolute atomic E-state index is 13.7. The molecule has 5 heteroatoms. The second-order valence-electron chi connectivity index (χ2n) is 5.41. The predicted octanol–water partition coefficient (Wildman–Crippen LogP) is 2.87. The summed E-state index contributed by atoms with van der Waals surface area (Å²) in [6.45, 7) is 0.348. The summed E-state index contributed by atoms with van der Waals surface area (Å²) in [5.74, 6) is -0.195. The van der Waals surface area contributed by atoms with Crippen LogP contribution in [0.4, 0.5) is 4.39 Å². The topological polar surface area (TPSA) is 41.6 Å². The van der Waals surface area contributed by atoms with Gasteiger partial charge in [0.15, 0.2) is 0 Å². The number of rotatable bonds is 6. The van der Waals surface area contributed by atoms with Crippen molar-refractivity contribution in [1.82, 2.24) is 10.2 Å². The molecule has 0 unspecified atom stereocenters. The van der Waals surface area contributed by atoms with Gasteiger partial charge in [0.2, 0.25) is 0 Å². The maximum atomic E-state index is 13.7. The van der Waals surface area contributed by atoms with E-state index in [-0.39, 0.29) is 11.6 Å². The van der Waals surface area contributed by atoms with Gasteiger partial charge < -0.3 is 15.0 Å². The SMILES string of the molecule is COc1ccccc1[C@H](CNC(=O)c1ccccc1F)N(C)C. The molecule has 0 fully saturated rings. The summed E-state index contributed by atoms with van der Waals surface area (Å²) < 4.78 is 19.1. The normalized spacial score (nSPS) is 12.0. The fourth-order valence-electron chi connectivity index (χ4n) is 2.44. The van der Waals surface area contributed by atoms with E-state index in [2.05, 4.69) is 5.32 Å². The molecule has 0 bridgehead atoms. The summed E-state index contributed by atoms with van der Waals surface area (Å²) in [6, 6.07) is 13.5. The standard InChI is InChI=1S/C18H21FN2O2/c1-21(2)16(14-9-5-7-11-17(14)23-3)12-20-18(22)13-8-4-6-10-15(13)19/h4-11,16H,12H2,1-3H3,(H,20,22)/t16-/m0/s1. The number of likely N-dealkylation sites (N-methyl/N-ethyl adjacent to an activating group) is 1. The van der Waals surface area contributed by atoms with Gasteiger partial charge in [-0.25, -0.2) is 4.39 Å². The molecule has 4 nitrogen and oxygen atoms in total. The van der Waals surface area contributed by atoms with Crippen LogP contribution in [0.2, 0.25) is 0 Å². The van der Waals surface area contributed by atoms with Gasteiger partial charge in [0, 0.05) is 12.1 Å². The highest BCUT2D eigenvalue weighted by molar-refractivity contribution is 5.94. The van der Waals surface area contributed by atoms with Crippen molar-refractivity contribution < 1.29 is 13.9 Å². The first-order valence-electron chi connectivity index (χ1n) is 7.36. The van der Waals surface area contributed by atoms with Crippen LogP contribution in [0.1, 0.15) is 22.0 Å². The average molecular weight is 316 g/mol. The molecule has 1 amide bonds. The monoisotopic (exact) mass is 316 g/mol. The number of carbonyl (C=O) groups excluding carboxylic acids is 1. The molecule has 23 heavy (non-hydrogen) atoms. The van der Waals surface area contributed by atoms with Crippen LogP contribution >= 0.6 is 0 Å². The number of benzene rings is 2. The van der Waals surface area contributed by atoms with Crippen LogP contribution in [0.25, 0.3) is 0 Å². The van der Waals surface area contributed by atoms with Crippen LogP contribution in [0.5, 0.6) is 5.75 Å². The molecule has 0 heterocycles. The van der Waals surface area contributed by atoms with E-state index in [0.29, 0.717) is 6.54 Å². The van der Waals surface area contributed by atoms with E-state index in [1.165, 1.54) is 12.1 Å². The van der Waals surface area contributed by atoms with Crippen LogP contribution in [0.3, 0.4) is 0 Å². The van der Waals surface area contributed by atoms with Gasteiger partial charge in [0.25, 0.3) is 5.91 Å². The van der Waals surface area contributed by atoms with E-state index < -0.39 is 11.7 Å². The zero-order valence-corrected chi connectivity index (χ0v) is 13.5. The van der Waals surface area contributed by atoms with Crippen LogP contribution < -0.4 is 10.1 Å². The lowest BCUT2D eigenvalue weighted by Gasteiger charge is -2.26. The molecule has 0 aliphatic heterocycles. The Morgan fingerprint density at radius 1 is 1.17 bits per heavy atom. The van der Waals surface area contributed by atoms with Gasteiger partial charge >= 0.3 is 0 Å². The first-order chi connectivity index (χ1) is 11.0. The molecule has 2 aromatic carbocycles. The third-order valence-electron chi connectivity index (χ3n) is 3.70. The molecule has 0 aromatic heterocycles. The van der Waals surface area contributed by atoms with Crippen molar-refractivity contribution in [3.63, 3.8) is 0 Å². The zero-order valence-electron chi connectivity index (χ0n) is 13.5. The molecule has 2 rings (SSSR count). The predicted molar refractivity (Wildman–Crippen MR) is 88.2 cm³/mol. The average Bonchev–Trinajstić information content (AvgIpc) is 2.55. The van der Waals surface area contributed by atoms with Crippen molar-refractivity contribution in [2.24, 2.45) is 0 Å². The Balaban J connectivity index is 2.15. The number of carbonyl (C=O) groups is 1. The molecule has 0 saturated heterocycles. The Kier molecular flexibility index (Phi) is 5.71. The van der Waals surface area contributed by atoms with E-state index in [0.717, 1.165) is 11.3 Å².